The Morgan fingerprint density at radius 3 is 3.00 bits per heavy atom. The molecule has 2 unspecified atom stereocenters. The topological polar surface area (TPSA) is 43.2 Å². The first kappa shape index (κ1) is 13.7. The number of fused-ring (bicyclic) bond motifs is 1. The highest BCUT2D eigenvalue weighted by Crippen LogP contribution is 2.31. The van der Waals surface area contributed by atoms with Gasteiger partial charge in [-0.3, -0.25) is 0 Å². The van der Waals surface area contributed by atoms with Gasteiger partial charge in [-0.2, -0.15) is 5.26 Å². The van der Waals surface area contributed by atoms with Crippen molar-refractivity contribution in [1.29, 1.82) is 5.26 Å². The van der Waals surface area contributed by atoms with Crippen LogP contribution in [0.1, 0.15) is 24.8 Å². The fourth-order valence-corrected chi connectivity index (χ4v) is 3.77. The van der Waals surface area contributed by atoms with Crippen LogP contribution in [0.15, 0.2) is 12.1 Å². The van der Waals surface area contributed by atoms with Crippen LogP contribution in [-0.4, -0.2) is 42.6 Å². The molecule has 0 amide bonds. The van der Waals surface area contributed by atoms with E-state index in [1.54, 1.807) is 6.07 Å². The van der Waals surface area contributed by atoms with Gasteiger partial charge in [0.15, 0.2) is 0 Å². The fourth-order valence-electron chi connectivity index (χ4n) is 3.57. The van der Waals surface area contributed by atoms with Gasteiger partial charge in [-0.25, -0.2) is 4.98 Å². The van der Waals surface area contributed by atoms with E-state index >= 15 is 0 Å². The Morgan fingerprint density at radius 1 is 1.35 bits per heavy atom. The molecule has 2 aliphatic rings. The summed E-state index contributed by atoms with van der Waals surface area (Å²) in [6.07, 6.45) is 3.73. The molecule has 5 heteroatoms. The van der Waals surface area contributed by atoms with Crippen molar-refractivity contribution < 1.29 is 0 Å². The largest absolute Gasteiger partial charge is 0.356 e. The minimum atomic E-state index is 0.405. The molecule has 106 valence electrons. The molecule has 3 heterocycles. The lowest BCUT2D eigenvalue weighted by Gasteiger charge is -2.46. The smallest absolute Gasteiger partial charge is 0.132 e. The molecule has 1 aromatic heterocycles. The highest BCUT2D eigenvalue weighted by Gasteiger charge is 2.34. The van der Waals surface area contributed by atoms with Crippen molar-refractivity contribution in [2.45, 2.75) is 25.3 Å². The van der Waals surface area contributed by atoms with Gasteiger partial charge in [-0.15, -0.1) is 0 Å². The molecule has 2 aliphatic heterocycles. The lowest BCUT2D eigenvalue weighted by molar-refractivity contribution is 0.102. The summed E-state index contributed by atoms with van der Waals surface area (Å²) >= 11 is 6.01. The molecular formula is C15H19ClN4. The van der Waals surface area contributed by atoms with E-state index < -0.39 is 0 Å². The van der Waals surface area contributed by atoms with E-state index in [9.17, 15) is 0 Å². The van der Waals surface area contributed by atoms with Gasteiger partial charge in [0.1, 0.15) is 11.0 Å². The van der Waals surface area contributed by atoms with Crippen LogP contribution in [0.25, 0.3) is 0 Å². The Hall–Kier alpha value is -1.31. The molecule has 2 atom stereocenters. The zero-order valence-corrected chi connectivity index (χ0v) is 12.5. The molecule has 0 bridgehead atoms. The number of aromatic nitrogens is 1. The predicted molar refractivity (Wildman–Crippen MR) is 79.9 cm³/mol. The molecule has 4 nitrogen and oxygen atoms in total. The average molecular weight is 291 g/mol. The van der Waals surface area contributed by atoms with Crippen molar-refractivity contribution in [3.05, 3.63) is 22.8 Å². The number of hydrogen-bond donors (Lipinski definition) is 0. The van der Waals surface area contributed by atoms with Gasteiger partial charge in [0.05, 0.1) is 11.6 Å². The van der Waals surface area contributed by atoms with Gasteiger partial charge >= 0.3 is 0 Å². The van der Waals surface area contributed by atoms with Gasteiger partial charge in [0.25, 0.3) is 0 Å². The molecular weight excluding hydrogens is 272 g/mol. The van der Waals surface area contributed by atoms with Crippen LogP contribution < -0.4 is 4.90 Å². The molecule has 20 heavy (non-hydrogen) atoms. The number of pyridine rings is 1. The molecule has 1 aromatic rings. The number of piperidine rings is 2. The van der Waals surface area contributed by atoms with Crippen LogP contribution in [0.4, 0.5) is 5.82 Å². The van der Waals surface area contributed by atoms with Gasteiger partial charge in [-0.05, 0) is 50.9 Å². The number of rotatable bonds is 1. The maximum Gasteiger partial charge on any atom is 0.132 e. The summed E-state index contributed by atoms with van der Waals surface area (Å²) in [7, 11) is 2.23. The summed E-state index contributed by atoms with van der Waals surface area (Å²) in [6.45, 7) is 3.23. The van der Waals surface area contributed by atoms with E-state index in [0.29, 0.717) is 22.7 Å². The maximum absolute atomic E-state index is 9.05. The first-order valence-electron chi connectivity index (χ1n) is 7.20. The van der Waals surface area contributed by atoms with Crippen LogP contribution in [0, 0.1) is 17.2 Å². The lowest BCUT2D eigenvalue weighted by Crippen LogP contribution is -2.52. The summed E-state index contributed by atoms with van der Waals surface area (Å²) in [6, 6.07) is 6.32. The van der Waals surface area contributed by atoms with E-state index in [-0.39, 0.29) is 0 Å². The Bertz CT molecular complexity index is 539. The number of anilines is 1. The predicted octanol–water partition coefficient (Wildman–Crippen LogP) is 2.53. The zero-order chi connectivity index (χ0) is 14.1. The molecule has 2 fully saturated rings. The Balaban J connectivity index is 1.79. The van der Waals surface area contributed by atoms with E-state index in [4.69, 9.17) is 16.9 Å². The van der Waals surface area contributed by atoms with Crippen molar-refractivity contribution in [3.8, 4) is 6.07 Å². The summed E-state index contributed by atoms with van der Waals surface area (Å²) in [5.41, 5.74) is 0.586. The SMILES string of the molecule is CN1CCCC2CN(c3cc(C#N)cc(Cl)n3)CCC21. The minimum Gasteiger partial charge on any atom is -0.356 e. The molecule has 0 saturated carbocycles. The Morgan fingerprint density at radius 2 is 2.20 bits per heavy atom. The monoisotopic (exact) mass is 290 g/mol. The van der Waals surface area contributed by atoms with Crippen LogP contribution in [-0.2, 0) is 0 Å². The quantitative estimate of drug-likeness (QED) is 0.746. The average Bonchev–Trinajstić information content (AvgIpc) is 2.46. The second-order valence-electron chi connectivity index (χ2n) is 5.83. The molecule has 3 rings (SSSR count). The van der Waals surface area contributed by atoms with E-state index in [1.165, 1.54) is 19.4 Å². The van der Waals surface area contributed by atoms with E-state index in [0.717, 1.165) is 25.3 Å². The highest BCUT2D eigenvalue weighted by atomic mass is 35.5. The van der Waals surface area contributed by atoms with Gasteiger partial charge < -0.3 is 9.80 Å². The maximum atomic E-state index is 9.05. The van der Waals surface area contributed by atoms with Crippen LogP contribution >= 0.6 is 11.6 Å². The summed E-state index contributed by atoms with van der Waals surface area (Å²) in [5, 5.41) is 9.45. The highest BCUT2D eigenvalue weighted by molar-refractivity contribution is 6.29. The van der Waals surface area contributed by atoms with Crippen molar-refractivity contribution in [3.63, 3.8) is 0 Å². The van der Waals surface area contributed by atoms with Crippen LogP contribution in [0.3, 0.4) is 0 Å². The summed E-state index contributed by atoms with van der Waals surface area (Å²) < 4.78 is 0. The van der Waals surface area contributed by atoms with Gasteiger partial charge in [0.2, 0.25) is 0 Å². The zero-order valence-electron chi connectivity index (χ0n) is 11.7. The molecule has 0 spiro atoms. The first-order valence-corrected chi connectivity index (χ1v) is 7.58. The fraction of sp³-hybridized carbons (Fsp3) is 0.600. The van der Waals surface area contributed by atoms with Crippen molar-refractivity contribution in [1.82, 2.24) is 9.88 Å². The second-order valence-corrected chi connectivity index (χ2v) is 6.22. The number of hydrogen-bond acceptors (Lipinski definition) is 4. The van der Waals surface area contributed by atoms with E-state index in [2.05, 4.69) is 27.9 Å². The number of nitriles is 1. The summed E-state index contributed by atoms with van der Waals surface area (Å²) in [5.74, 6) is 1.55. The van der Waals surface area contributed by atoms with Gasteiger partial charge in [0, 0.05) is 19.1 Å². The second kappa shape index (κ2) is 5.59. The van der Waals surface area contributed by atoms with Crippen molar-refractivity contribution in [2.24, 2.45) is 5.92 Å². The normalized spacial score (nSPS) is 26.9. The third kappa shape index (κ3) is 2.61. The molecule has 0 aliphatic carbocycles. The Labute approximate surface area is 125 Å². The van der Waals surface area contributed by atoms with Crippen molar-refractivity contribution >= 4 is 17.4 Å². The lowest BCUT2D eigenvalue weighted by atomic mass is 9.84. The van der Waals surface area contributed by atoms with Gasteiger partial charge in [-0.1, -0.05) is 11.6 Å². The van der Waals surface area contributed by atoms with Crippen LogP contribution in [0.5, 0.6) is 0 Å². The first-order chi connectivity index (χ1) is 9.67. The van der Waals surface area contributed by atoms with Crippen LogP contribution in [0.2, 0.25) is 5.15 Å². The standard InChI is InChI=1S/C15H19ClN4/c1-19-5-2-3-12-10-20(6-4-13(12)19)15-8-11(9-17)7-14(16)18-15/h7-8,12-13H,2-6,10H2,1H3. The number of likely N-dealkylation sites (tertiary alicyclic amines) is 1. The third-order valence-corrected chi connectivity index (χ3v) is 4.77. The molecule has 0 radical (unpaired) electrons. The van der Waals surface area contributed by atoms with Crippen molar-refractivity contribution in [2.75, 3.05) is 31.6 Å². The molecule has 0 aromatic carbocycles. The minimum absolute atomic E-state index is 0.405. The number of halogens is 1. The third-order valence-electron chi connectivity index (χ3n) is 4.58. The number of nitrogens with zero attached hydrogens (tertiary/aromatic N) is 4. The Kier molecular flexibility index (Phi) is 3.82. The molecule has 2 saturated heterocycles. The van der Waals surface area contributed by atoms with E-state index in [1.807, 2.05) is 6.07 Å². The molecule has 0 N–H and O–H groups in total. The summed E-state index contributed by atoms with van der Waals surface area (Å²) in [4.78, 5) is 9.17.